The van der Waals surface area contributed by atoms with Gasteiger partial charge in [0, 0.05) is 24.5 Å². The zero-order chi connectivity index (χ0) is 13.2. The van der Waals surface area contributed by atoms with Gasteiger partial charge < -0.3 is 9.32 Å². The molecule has 0 aliphatic carbocycles. The maximum absolute atomic E-state index is 6.21. The summed E-state index contributed by atoms with van der Waals surface area (Å²) in [5, 5.41) is 1.92. The molecule has 1 aromatic heterocycles. The highest BCUT2D eigenvalue weighted by Gasteiger charge is 2.10. The van der Waals surface area contributed by atoms with Crippen LogP contribution in [0.2, 0.25) is 5.02 Å². The number of anilines is 1. The molecule has 0 saturated carbocycles. The molecular weight excluding hydrogens is 258 g/mol. The molecule has 2 aromatic carbocycles. The van der Waals surface area contributed by atoms with Gasteiger partial charge >= 0.3 is 0 Å². The molecule has 3 heteroatoms. The maximum atomic E-state index is 6.21. The Hall–Kier alpha value is -1.93. The fraction of sp³-hybridized carbons (Fsp3) is 0.125. The van der Waals surface area contributed by atoms with Gasteiger partial charge in [0.15, 0.2) is 0 Å². The summed E-state index contributed by atoms with van der Waals surface area (Å²) in [5.41, 5.74) is 3.11. The lowest BCUT2D eigenvalue weighted by Crippen LogP contribution is -2.16. The van der Waals surface area contributed by atoms with Crippen LogP contribution in [0.1, 0.15) is 5.56 Å². The third-order valence-electron chi connectivity index (χ3n) is 3.23. The molecule has 0 spiro atoms. The molecule has 0 saturated heterocycles. The smallest absolute Gasteiger partial charge is 0.134 e. The molecule has 0 amide bonds. The van der Waals surface area contributed by atoms with Crippen LogP contribution in [0.3, 0.4) is 0 Å². The standard InChI is InChI=1S/C16H14ClNO/c1-18(15-8-4-3-7-14(15)17)10-12-11-19-16-9-5-2-6-13(12)16/h2-9,11H,10H2,1H3. The summed E-state index contributed by atoms with van der Waals surface area (Å²) in [5.74, 6) is 0. The van der Waals surface area contributed by atoms with Crippen LogP contribution in [0.4, 0.5) is 5.69 Å². The first kappa shape index (κ1) is 12.1. The van der Waals surface area contributed by atoms with E-state index in [0.717, 1.165) is 33.8 Å². The van der Waals surface area contributed by atoms with Crippen molar-refractivity contribution < 1.29 is 4.42 Å². The van der Waals surface area contributed by atoms with Gasteiger partial charge in [-0.2, -0.15) is 0 Å². The van der Waals surface area contributed by atoms with Gasteiger partial charge in [-0.1, -0.05) is 41.9 Å². The minimum absolute atomic E-state index is 0.762. The van der Waals surface area contributed by atoms with E-state index in [9.17, 15) is 0 Å². The molecule has 0 N–H and O–H groups in total. The lowest BCUT2D eigenvalue weighted by molar-refractivity contribution is 0.610. The number of nitrogens with zero attached hydrogens (tertiary/aromatic N) is 1. The number of hydrogen-bond donors (Lipinski definition) is 0. The Morgan fingerprint density at radius 3 is 2.63 bits per heavy atom. The molecule has 19 heavy (non-hydrogen) atoms. The number of hydrogen-bond acceptors (Lipinski definition) is 2. The average Bonchev–Trinajstić information content (AvgIpc) is 2.83. The fourth-order valence-corrected chi connectivity index (χ4v) is 2.54. The van der Waals surface area contributed by atoms with Crippen molar-refractivity contribution >= 4 is 28.3 Å². The largest absolute Gasteiger partial charge is 0.464 e. The van der Waals surface area contributed by atoms with Crippen LogP contribution in [-0.4, -0.2) is 7.05 Å². The lowest BCUT2D eigenvalue weighted by Gasteiger charge is -2.19. The van der Waals surface area contributed by atoms with Crippen molar-refractivity contribution in [2.24, 2.45) is 0 Å². The molecular formula is C16H14ClNO. The first-order chi connectivity index (χ1) is 9.25. The topological polar surface area (TPSA) is 16.4 Å². The van der Waals surface area contributed by atoms with E-state index in [1.165, 1.54) is 0 Å². The molecule has 0 unspecified atom stereocenters. The van der Waals surface area contributed by atoms with Crippen LogP contribution < -0.4 is 4.90 Å². The minimum Gasteiger partial charge on any atom is -0.464 e. The number of fused-ring (bicyclic) bond motifs is 1. The van der Waals surface area contributed by atoms with Gasteiger partial charge in [-0.25, -0.2) is 0 Å². The molecule has 0 aliphatic rings. The van der Waals surface area contributed by atoms with Gasteiger partial charge in [0.25, 0.3) is 0 Å². The SMILES string of the molecule is CN(Cc1coc2ccccc12)c1ccccc1Cl. The third kappa shape index (κ3) is 2.32. The van der Waals surface area contributed by atoms with E-state index in [-0.39, 0.29) is 0 Å². The molecule has 96 valence electrons. The van der Waals surface area contributed by atoms with E-state index >= 15 is 0 Å². The Morgan fingerprint density at radius 1 is 1.05 bits per heavy atom. The second-order valence-corrected chi connectivity index (χ2v) is 4.97. The van der Waals surface area contributed by atoms with Crippen molar-refractivity contribution in [1.82, 2.24) is 0 Å². The summed E-state index contributed by atoms with van der Waals surface area (Å²) in [6.45, 7) is 0.765. The number of para-hydroxylation sites is 2. The van der Waals surface area contributed by atoms with Gasteiger partial charge in [-0.3, -0.25) is 0 Å². The third-order valence-corrected chi connectivity index (χ3v) is 3.55. The van der Waals surface area contributed by atoms with E-state index in [1.807, 2.05) is 55.8 Å². The van der Waals surface area contributed by atoms with Gasteiger partial charge in [0.05, 0.1) is 17.0 Å². The average molecular weight is 272 g/mol. The zero-order valence-electron chi connectivity index (χ0n) is 10.6. The van der Waals surface area contributed by atoms with Crippen molar-refractivity contribution in [3.63, 3.8) is 0 Å². The summed E-state index contributed by atoms with van der Waals surface area (Å²) in [6, 6.07) is 15.9. The van der Waals surface area contributed by atoms with E-state index in [1.54, 1.807) is 0 Å². The van der Waals surface area contributed by atoms with Crippen molar-refractivity contribution in [1.29, 1.82) is 0 Å². The van der Waals surface area contributed by atoms with Gasteiger partial charge in [0.1, 0.15) is 5.58 Å². The zero-order valence-corrected chi connectivity index (χ0v) is 11.4. The van der Waals surface area contributed by atoms with Gasteiger partial charge in [-0.15, -0.1) is 0 Å². The lowest BCUT2D eigenvalue weighted by atomic mass is 10.1. The summed E-state index contributed by atoms with van der Waals surface area (Å²) in [4.78, 5) is 2.12. The number of rotatable bonds is 3. The van der Waals surface area contributed by atoms with Crippen molar-refractivity contribution in [3.05, 3.63) is 65.4 Å². The fourth-order valence-electron chi connectivity index (χ4n) is 2.26. The van der Waals surface area contributed by atoms with Crippen LogP contribution in [0.5, 0.6) is 0 Å². The minimum atomic E-state index is 0.762. The molecule has 0 atom stereocenters. The Kier molecular flexibility index (Phi) is 3.18. The van der Waals surface area contributed by atoms with E-state index in [4.69, 9.17) is 16.0 Å². The maximum Gasteiger partial charge on any atom is 0.134 e. The van der Waals surface area contributed by atoms with Crippen LogP contribution in [0.15, 0.2) is 59.2 Å². The predicted octanol–water partition coefficient (Wildman–Crippen LogP) is 4.72. The Balaban J connectivity index is 1.91. The van der Waals surface area contributed by atoms with Crippen LogP contribution in [-0.2, 0) is 6.54 Å². The van der Waals surface area contributed by atoms with Crippen molar-refractivity contribution in [2.45, 2.75) is 6.54 Å². The predicted molar refractivity (Wildman–Crippen MR) is 79.8 cm³/mol. The number of benzene rings is 2. The Morgan fingerprint density at radius 2 is 1.79 bits per heavy atom. The summed E-state index contributed by atoms with van der Waals surface area (Å²) < 4.78 is 5.56. The van der Waals surface area contributed by atoms with Crippen LogP contribution in [0.25, 0.3) is 11.0 Å². The second kappa shape index (κ2) is 4.98. The molecule has 3 aromatic rings. The molecule has 3 rings (SSSR count). The Labute approximate surface area is 117 Å². The highest BCUT2D eigenvalue weighted by molar-refractivity contribution is 6.33. The quantitative estimate of drug-likeness (QED) is 0.685. The van der Waals surface area contributed by atoms with E-state index in [0.29, 0.717) is 0 Å². The molecule has 2 nitrogen and oxygen atoms in total. The van der Waals surface area contributed by atoms with Gasteiger partial charge in [-0.05, 0) is 18.2 Å². The molecule has 1 heterocycles. The highest BCUT2D eigenvalue weighted by atomic mass is 35.5. The molecule has 0 aliphatic heterocycles. The van der Waals surface area contributed by atoms with Crippen molar-refractivity contribution in [2.75, 3.05) is 11.9 Å². The summed E-state index contributed by atoms with van der Waals surface area (Å²) in [6.07, 6.45) is 1.82. The van der Waals surface area contributed by atoms with E-state index < -0.39 is 0 Å². The number of furan rings is 1. The monoisotopic (exact) mass is 271 g/mol. The second-order valence-electron chi connectivity index (χ2n) is 4.56. The summed E-state index contributed by atoms with van der Waals surface area (Å²) in [7, 11) is 2.03. The molecule has 0 fully saturated rings. The molecule has 0 bridgehead atoms. The summed E-state index contributed by atoms with van der Waals surface area (Å²) >= 11 is 6.21. The Bertz CT molecular complexity index is 705. The van der Waals surface area contributed by atoms with Gasteiger partial charge in [0.2, 0.25) is 0 Å². The number of halogens is 1. The molecule has 0 radical (unpaired) electrons. The first-order valence-electron chi connectivity index (χ1n) is 6.16. The van der Waals surface area contributed by atoms with E-state index in [2.05, 4.69) is 11.0 Å². The van der Waals surface area contributed by atoms with Crippen molar-refractivity contribution in [3.8, 4) is 0 Å². The normalized spacial score (nSPS) is 10.8. The first-order valence-corrected chi connectivity index (χ1v) is 6.54. The van der Waals surface area contributed by atoms with Crippen LogP contribution >= 0.6 is 11.6 Å². The highest BCUT2D eigenvalue weighted by Crippen LogP contribution is 2.28. The van der Waals surface area contributed by atoms with Crippen LogP contribution in [0, 0.1) is 0 Å².